The van der Waals surface area contributed by atoms with Gasteiger partial charge in [0, 0.05) is 17.7 Å². The van der Waals surface area contributed by atoms with Crippen LogP contribution in [0.5, 0.6) is 11.5 Å². The van der Waals surface area contributed by atoms with Crippen LogP contribution in [-0.4, -0.2) is 42.9 Å². The number of carbonyl (C=O) groups is 3. The number of nitrogens with zero attached hydrogens (tertiary/aromatic N) is 1. The summed E-state index contributed by atoms with van der Waals surface area (Å²) in [4.78, 5) is 39.3. The van der Waals surface area contributed by atoms with Gasteiger partial charge in [-0.15, -0.1) is 0 Å². The summed E-state index contributed by atoms with van der Waals surface area (Å²) < 4.78 is 54.8. The van der Waals surface area contributed by atoms with Gasteiger partial charge in [-0.2, -0.15) is 13.2 Å². The van der Waals surface area contributed by atoms with Crippen molar-refractivity contribution in [3.63, 3.8) is 0 Å². The number of cyclic esters (lactones) is 1. The number of fused-ring (bicyclic) bond motifs is 1. The molecule has 2 aromatic carbocycles. The number of hydrogen-bond donors (Lipinski definition) is 1. The van der Waals surface area contributed by atoms with Crippen molar-refractivity contribution >= 4 is 23.5 Å². The van der Waals surface area contributed by atoms with Crippen molar-refractivity contribution in [1.29, 1.82) is 0 Å². The third kappa shape index (κ3) is 3.94. The van der Waals surface area contributed by atoms with Crippen LogP contribution < -0.4 is 14.8 Å². The van der Waals surface area contributed by atoms with Crippen LogP contribution in [-0.2, 0) is 20.5 Å². The van der Waals surface area contributed by atoms with Gasteiger partial charge in [-0.1, -0.05) is 6.07 Å². The third-order valence-electron chi connectivity index (χ3n) is 5.53. The highest BCUT2D eigenvalue weighted by molar-refractivity contribution is 6.01. The van der Waals surface area contributed by atoms with E-state index in [-0.39, 0.29) is 29.8 Å². The monoisotopic (exact) mass is 464 g/mol. The second kappa shape index (κ2) is 8.30. The number of ether oxygens (including phenoxy) is 3. The molecule has 2 atom stereocenters. The first-order valence-corrected chi connectivity index (χ1v) is 9.91. The maximum atomic E-state index is 13.0. The van der Waals surface area contributed by atoms with Crippen molar-refractivity contribution < 1.29 is 41.8 Å². The summed E-state index contributed by atoms with van der Waals surface area (Å²) in [5.41, 5.74) is -0.577. The standard InChI is InChI=1S/C22H19F3N2O6/c1-31-15-8-6-13-17(18(15)32-2)21(30)33-20(13)27-14(7-9-16(27)28)19(29)26-12-5-3-4-11(10-12)22(23,24)25/h3-6,8,10,14,20H,7,9H2,1-2H3,(H,26,29). The minimum absolute atomic E-state index is 0.0113. The Morgan fingerprint density at radius 1 is 1.15 bits per heavy atom. The van der Waals surface area contributed by atoms with Crippen molar-refractivity contribution in [2.45, 2.75) is 31.3 Å². The molecule has 0 radical (unpaired) electrons. The fourth-order valence-corrected chi connectivity index (χ4v) is 4.04. The van der Waals surface area contributed by atoms with Gasteiger partial charge < -0.3 is 19.5 Å². The van der Waals surface area contributed by atoms with E-state index in [1.807, 2.05) is 0 Å². The molecule has 11 heteroatoms. The molecule has 2 aliphatic heterocycles. The predicted octanol–water partition coefficient (Wildman–Crippen LogP) is 3.52. The lowest BCUT2D eigenvalue weighted by molar-refractivity contribution is -0.144. The van der Waals surface area contributed by atoms with Crippen molar-refractivity contribution in [1.82, 2.24) is 4.90 Å². The summed E-state index contributed by atoms with van der Waals surface area (Å²) in [5.74, 6) is -1.44. The number of amides is 2. The van der Waals surface area contributed by atoms with E-state index in [1.54, 1.807) is 12.1 Å². The van der Waals surface area contributed by atoms with Crippen molar-refractivity contribution in [2.75, 3.05) is 19.5 Å². The number of halogens is 3. The lowest BCUT2D eigenvalue weighted by Crippen LogP contribution is -2.43. The van der Waals surface area contributed by atoms with Gasteiger partial charge in [0.1, 0.15) is 11.6 Å². The molecule has 2 amide bonds. The Morgan fingerprint density at radius 2 is 1.91 bits per heavy atom. The van der Waals surface area contributed by atoms with Gasteiger partial charge in [0.25, 0.3) is 0 Å². The number of rotatable bonds is 5. The van der Waals surface area contributed by atoms with Crippen molar-refractivity contribution in [3.8, 4) is 11.5 Å². The summed E-state index contributed by atoms with van der Waals surface area (Å²) >= 11 is 0. The molecule has 0 bridgehead atoms. The largest absolute Gasteiger partial charge is 0.493 e. The van der Waals surface area contributed by atoms with E-state index in [2.05, 4.69) is 5.32 Å². The van der Waals surface area contributed by atoms with E-state index in [9.17, 15) is 27.6 Å². The number of hydrogen-bond acceptors (Lipinski definition) is 6. The van der Waals surface area contributed by atoms with E-state index in [1.165, 1.54) is 26.4 Å². The van der Waals surface area contributed by atoms with E-state index in [0.717, 1.165) is 17.0 Å². The van der Waals surface area contributed by atoms with Crippen LogP contribution in [0.25, 0.3) is 0 Å². The highest BCUT2D eigenvalue weighted by atomic mass is 19.4. The number of nitrogens with one attached hydrogen (secondary N) is 1. The fraction of sp³-hybridized carbons (Fsp3) is 0.318. The Bertz CT molecular complexity index is 1130. The average molecular weight is 464 g/mol. The molecular formula is C22H19F3N2O6. The van der Waals surface area contributed by atoms with E-state index in [4.69, 9.17) is 14.2 Å². The maximum absolute atomic E-state index is 13.0. The van der Waals surface area contributed by atoms with E-state index in [0.29, 0.717) is 11.3 Å². The van der Waals surface area contributed by atoms with Gasteiger partial charge in [-0.3, -0.25) is 14.5 Å². The van der Waals surface area contributed by atoms with Crippen LogP contribution in [0.3, 0.4) is 0 Å². The van der Waals surface area contributed by atoms with Crippen LogP contribution in [0.4, 0.5) is 18.9 Å². The summed E-state index contributed by atoms with van der Waals surface area (Å²) in [6, 6.07) is 6.22. The summed E-state index contributed by atoms with van der Waals surface area (Å²) in [5, 5.41) is 2.43. The number of benzene rings is 2. The molecule has 2 unspecified atom stereocenters. The molecule has 4 rings (SSSR count). The van der Waals surface area contributed by atoms with Crippen molar-refractivity contribution in [2.24, 2.45) is 0 Å². The minimum atomic E-state index is -4.57. The second-order valence-electron chi connectivity index (χ2n) is 7.45. The zero-order chi connectivity index (χ0) is 23.9. The molecule has 8 nitrogen and oxygen atoms in total. The Morgan fingerprint density at radius 3 is 2.58 bits per heavy atom. The first-order chi connectivity index (χ1) is 15.7. The SMILES string of the molecule is COc1ccc2c(c1OC)C(=O)OC2N1C(=O)CCC1C(=O)Nc1cccc(C(F)(F)F)c1. The summed E-state index contributed by atoms with van der Waals surface area (Å²) in [6.07, 6.45) is -5.63. The Labute approximate surface area is 186 Å². The number of esters is 1. The van der Waals surface area contributed by atoms with E-state index >= 15 is 0 Å². The summed E-state index contributed by atoms with van der Waals surface area (Å²) in [7, 11) is 2.76. The predicted molar refractivity (Wildman–Crippen MR) is 108 cm³/mol. The molecule has 0 saturated carbocycles. The normalized spacial score (nSPS) is 19.8. The lowest BCUT2D eigenvalue weighted by Gasteiger charge is -2.29. The number of methoxy groups -OCH3 is 2. The second-order valence-corrected chi connectivity index (χ2v) is 7.45. The molecular weight excluding hydrogens is 445 g/mol. The van der Waals surface area contributed by atoms with Gasteiger partial charge in [-0.25, -0.2) is 4.79 Å². The van der Waals surface area contributed by atoms with Crippen molar-refractivity contribution in [3.05, 3.63) is 53.1 Å². The first-order valence-electron chi connectivity index (χ1n) is 9.91. The molecule has 2 aliphatic rings. The number of anilines is 1. The van der Waals surface area contributed by atoms with Crippen LogP contribution in [0.15, 0.2) is 36.4 Å². The Balaban J connectivity index is 1.63. The Kier molecular flexibility index (Phi) is 5.64. The number of alkyl halides is 3. The molecule has 1 N–H and O–H groups in total. The maximum Gasteiger partial charge on any atom is 0.416 e. The van der Waals surface area contributed by atoms with Gasteiger partial charge in [0.2, 0.25) is 18.0 Å². The lowest BCUT2D eigenvalue weighted by atomic mass is 10.0. The molecule has 2 heterocycles. The topological polar surface area (TPSA) is 94.2 Å². The highest BCUT2D eigenvalue weighted by Gasteiger charge is 2.47. The zero-order valence-electron chi connectivity index (χ0n) is 17.6. The zero-order valence-corrected chi connectivity index (χ0v) is 17.6. The van der Waals surface area contributed by atoms with Gasteiger partial charge in [0.05, 0.1) is 19.8 Å². The van der Waals surface area contributed by atoms with Crippen LogP contribution in [0, 0.1) is 0 Å². The molecule has 1 saturated heterocycles. The quantitative estimate of drug-likeness (QED) is 0.681. The molecule has 2 aromatic rings. The smallest absolute Gasteiger partial charge is 0.416 e. The molecule has 0 aliphatic carbocycles. The molecule has 0 spiro atoms. The molecule has 0 aromatic heterocycles. The van der Waals surface area contributed by atoms with Crippen LogP contribution >= 0.6 is 0 Å². The third-order valence-corrected chi connectivity index (χ3v) is 5.53. The molecule has 33 heavy (non-hydrogen) atoms. The molecule has 1 fully saturated rings. The van der Waals surface area contributed by atoms with Gasteiger partial charge in [-0.05, 0) is 36.8 Å². The number of carbonyl (C=O) groups excluding carboxylic acids is 3. The minimum Gasteiger partial charge on any atom is -0.493 e. The highest BCUT2D eigenvalue weighted by Crippen LogP contribution is 2.45. The Hall–Kier alpha value is -3.76. The van der Waals surface area contributed by atoms with Crippen LogP contribution in [0.1, 0.15) is 40.6 Å². The molecule has 174 valence electrons. The average Bonchev–Trinajstić information content (AvgIpc) is 3.32. The van der Waals surface area contributed by atoms with Gasteiger partial charge >= 0.3 is 12.1 Å². The van der Waals surface area contributed by atoms with E-state index < -0.39 is 41.8 Å². The summed E-state index contributed by atoms with van der Waals surface area (Å²) in [6.45, 7) is 0. The fourth-order valence-electron chi connectivity index (χ4n) is 4.04. The van der Waals surface area contributed by atoms with Crippen LogP contribution in [0.2, 0.25) is 0 Å². The first kappa shape index (κ1) is 22.4. The van der Waals surface area contributed by atoms with Gasteiger partial charge in [0.15, 0.2) is 11.5 Å². The number of likely N-dealkylation sites (tertiary alicyclic amines) is 1.